The van der Waals surface area contributed by atoms with Crippen LogP contribution in [0.5, 0.6) is 0 Å². The van der Waals surface area contributed by atoms with E-state index in [2.05, 4.69) is 65.2 Å². The zero-order chi connectivity index (χ0) is 27.4. The number of nitriles is 1. The Morgan fingerprint density at radius 1 is 1.18 bits per heavy atom. The molecule has 3 aromatic rings. The fourth-order valence-electron chi connectivity index (χ4n) is 4.58. The van der Waals surface area contributed by atoms with E-state index < -0.39 is 5.41 Å². The molecule has 0 radical (unpaired) electrons. The van der Waals surface area contributed by atoms with Crippen LogP contribution in [0.1, 0.15) is 42.4 Å². The molecule has 1 amide bonds. The van der Waals surface area contributed by atoms with Gasteiger partial charge in [0.1, 0.15) is 5.82 Å². The molecule has 1 N–H and O–H groups in total. The summed E-state index contributed by atoms with van der Waals surface area (Å²) in [7, 11) is 4.11. The van der Waals surface area contributed by atoms with Gasteiger partial charge in [-0.15, -0.1) is 0 Å². The number of hydrogen-bond acceptors (Lipinski definition) is 7. The zero-order valence-electron chi connectivity index (χ0n) is 23.0. The summed E-state index contributed by atoms with van der Waals surface area (Å²) in [5.74, 6) is 0.669. The van der Waals surface area contributed by atoms with Crippen LogP contribution in [0.25, 0.3) is 11.1 Å². The van der Waals surface area contributed by atoms with Crippen LogP contribution in [0.4, 0.5) is 11.5 Å². The highest BCUT2D eigenvalue weighted by molar-refractivity contribution is 6.04. The summed E-state index contributed by atoms with van der Waals surface area (Å²) in [5, 5.41) is 12.4. The molecule has 2 aromatic heterocycles. The van der Waals surface area contributed by atoms with Crippen molar-refractivity contribution in [1.82, 2.24) is 14.9 Å². The summed E-state index contributed by atoms with van der Waals surface area (Å²) in [6.45, 7) is 10.1. The van der Waals surface area contributed by atoms with Crippen molar-refractivity contribution in [3.63, 3.8) is 0 Å². The second-order valence-corrected chi connectivity index (χ2v) is 10.8. The molecule has 1 fully saturated rings. The van der Waals surface area contributed by atoms with E-state index in [1.165, 1.54) is 0 Å². The highest BCUT2D eigenvalue weighted by atomic mass is 16.5. The lowest BCUT2D eigenvalue weighted by Crippen LogP contribution is -2.51. The number of nitrogens with zero attached hydrogens (tertiary/aromatic N) is 5. The first kappa shape index (κ1) is 27.2. The molecule has 0 bridgehead atoms. The second-order valence-electron chi connectivity index (χ2n) is 10.8. The molecular weight excluding hydrogens is 476 g/mol. The van der Waals surface area contributed by atoms with Crippen molar-refractivity contribution in [3.05, 3.63) is 71.7 Å². The van der Waals surface area contributed by atoms with Crippen LogP contribution in [-0.2, 0) is 10.2 Å². The maximum Gasteiger partial charge on any atom is 0.255 e. The number of morpholine rings is 1. The van der Waals surface area contributed by atoms with Gasteiger partial charge in [-0.05, 0) is 94.9 Å². The van der Waals surface area contributed by atoms with Crippen LogP contribution in [0.15, 0.2) is 54.9 Å². The van der Waals surface area contributed by atoms with Crippen LogP contribution in [0, 0.1) is 18.3 Å². The van der Waals surface area contributed by atoms with Crippen molar-refractivity contribution >= 4 is 17.4 Å². The van der Waals surface area contributed by atoms with Gasteiger partial charge in [-0.1, -0.05) is 6.07 Å². The summed E-state index contributed by atoms with van der Waals surface area (Å²) in [6.07, 6.45) is 3.53. The molecule has 0 aliphatic carbocycles. The third kappa shape index (κ3) is 6.18. The highest BCUT2D eigenvalue weighted by Crippen LogP contribution is 2.30. The first-order valence-corrected chi connectivity index (χ1v) is 12.9. The van der Waals surface area contributed by atoms with Crippen molar-refractivity contribution in [2.45, 2.75) is 45.3 Å². The topological polar surface area (TPSA) is 94.4 Å². The summed E-state index contributed by atoms with van der Waals surface area (Å²) in [4.78, 5) is 26.5. The molecular formula is C30H36N6O2. The number of nitrogens with one attached hydrogen (secondary N) is 1. The first-order valence-electron chi connectivity index (χ1n) is 12.9. The zero-order valence-corrected chi connectivity index (χ0v) is 23.0. The number of likely N-dealkylation sites (N-methyl/N-ethyl adjacent to an activating group) is 1. The third-order valence-corrected chi connectivity index (χ3v) is 6.86. The minimum absolute atomic E-state index is 0.124. The van der Waals surface area contributed by atoms with Crippen molar-refractivity contribution in [1.29, 1.82) is 5.26 Å². The van der Waals surface area contributed by atoms with Gasteiger partial charge in [0.05, 0.1) is 35.9 Å². The molecule has 8 nitrogen and oxygen atoms in total. The summed E-state index contributed by atoms with van der Waals surface area (Å²) in [5.41, 5.74) is 4.09. The van der Waals surface area contributed by atoms with Gasteiger partial charge in [0.2, 0.25) is 0 Å². The van der Waals surface area contributed by atoms with E-state index in [1.54, 1.807) is 32.2 Å². The van der Waals surface area contributed by atoms with E-state index in [9.17, 15) is 10.1 Å². The molecule has 0 spiro atoms. The monoisotopic (exact) mass is 512 g/mol. The Morgan fingerprint density at radius 3 is 2.68 bits per heavy atom. The molecule has 4 rings (SSSR count). The Kier molecular flexibility index (Phi) is 8.10. The van der Waals surface area contributed by atoms with E-state index in [4.69, 9.17) is 4.74 Å². The van der Waals surface area contributed by atoms with Gasteiger partial charge in [-0.3, -0.25) is 9.78 Å². The molecule has 0 saturated carbocycles. The van der Waals surface area contributed by atoms with Crippen LogP contribution in [-0.4, -0.2) is 66.7 Å². The standard InChI is InChI=1S/C30H36N6O2/c1-20-7-8-24(34-29(37)23-10-11-32-27(13-23)30(3,4)19-31)15-26(20)22-9-12-33-28(14-22)36-17-25(16-35(5)6)38-18-21(36)2/h7-15,21,25H,16-18H2,1-6H3,(H,34,37). The molecule has 3 heterocycles. The number of anilines is 2. The van der Waals surface area contributed by atoms with Crippen molar-refractivity contribution < 1.29 is 9.53 Å². The molecule has 1 aliphatic rings. The van der Waals surface area contributed by atoms with E-state index >= 15 is 0 Å². The van der Waals surface area contributed by atoms with Crippen LogP contribution >= 0.6 is 0 Å². The maximum absolute atomic E-state index is 13.1. The second kappa shape index (κ2) is 11.3. The molecule has 1 aromatic carbocycles. The number of hydrogen-bond donors (Lipinski definition) is 1. The summed E-state index contributed by atoms with van der Waals surface area (Å²) in [6, 6.07) is 15.8. The number of pyridine rings is 2. The average molecular weight is 513 g/mol. The van der Waals surface area contributed by atoms with E-state index in [0.29, 0.717) is 23.6 Å². The van der Waals surface area contributed by atoms with Crippen molar-refractivity contribution in [2.75, 3.05) is 44.0 Å². The van der Waals surface area contributed by atoms with E-state index in [0.717, 1.165) is 35.6 Å². The van der Waals surface area contributed by atoms with Crippen molar-refractivity contribution in [3.8, 4) is 17.2 Å². The number of carbonyl (C=O) groups excluding carboxylic acids is 1. The highest BCUT2D eigenvalue weighted by Gasteiger charge is 2.28. The Labute approximate surface area is 225 Å². The van der Waals surface area contributed by atoms with Crippen molar-refractivity contribution in [2.24, 2.45) is 0 Å². The normalized spacial score (nSPS) is 17.8. The molecule has 8 heteroatoms. The Balaban J connectivity index is 1.57. The fraction of sp³-hybridized carbons (Fsp3) is 0.400. The van der Waals surface area contributed by atoms with Gasteiger partial charge in [0.25, 0.3) is 5.91 Å². The minimum atomic E-state index is -0.781. The van der Waals surface area contributed by atoms with Crippen LogP contribution in [0.2, 0.25) is 0 Å². The molecule has 198 valence electrons. The van der Waals surface area contributed by atoms with Gasteiger partial charge in [0.15, 0.2) is 0 Å². The number of aromatic nitrogens is 2. The predicted molar refractivity (Wildman–Crippen MR) is 150 cm³/mol. The van der Waals surface area contributed by atoms with Crippen LogP contribution < -0.4 is 10.2 Å². The molecule has 2 atom stereocenters. The van der Waals surface area contributed by atoms with Crippen LogP contribution in [0.3, 0.4) is 0 Å². The third-order valence-electron chi connectivity index (χ3n) is 6.86. The quantitative estimate of drug-likeness (QED) is 0.492. The lowest BCUT2D eigenvalue weighted by atomic mass is 9.90. The lowest BCUT2D eigenvalue weighted by Gasteiger charge is -2.39. The number of benzene rings is 1. The van der Waals surface area contributed by atoms with E-state index in [-0.39, 0.29) is 18.1 Å². The molecule has 1 saturated heterocycles. The van der Waals surface area contributed by atoms with Gasteiger partial charge < -0.3 is 19.9 Å². The Hall–Kier alpha value is -3.80. The average Bonchev–Trinajstić information content (AvgIpc) is 2.90. The summed E-state index contributed by atoms with van der Waals surface area (Å²) >= 11 is 0. The smallest absolute Gasteiger partial charge is 0.255 e. The largest absolute Gasteiger partial charge is 0.373 e. The predicted octanol–water partition coefficient (Wildman–Crippen LogP) is 4.66. The van der Waals surface area contributed by atoms with Gasteiger partial charge in [-0.2, -0.15) is 5.26 Å². The molecule has 2 unspecified atom stereocenters. The van der Waals surface area contributed by atoms with E-state index in [1.807, 2.05) is 30.5 Å². The lowest BCUT2D eigenvalue weighted by molar-refractivity contribution is 0.00851. The van der Waals surface area contributed by atoms with Gasteiger partial charge >= 0.3 is 0 Å². The minimum Gasteiger partial charge on any atom is -0.373 e. The number of amides is 1. The molecule has 38 heavy (non-hydrogen) atoms. The number of rotatable bonds is 7. The Bertz CT molecular complexity index is 1350. The van der Waals surface area contributed by atoms with Gasteiger partial charge in [-0.25, -0.2) is 4.98 Å². The Morgan fingerprint density at radius 2 is 1.95 bits per heavy atom. The summed E-state index contributed by atoms with van der Waals surface area (Å²) < 4.78 is 6.04. The first-order chi connectivity index (χ1) is 18.1. The molecule has 1 aliphatic heterocycles. The van der Waals surface area contributed by atoms with Gasteiger partial charge in [0, 0.05) is 36.7 Å². The number of carbonyl (C=O) groups is 1. The number of ether oxygens (including phenoxy) is 1. The fourth-order valence-corrected chi connectivity index (χ4v) is 4.58. The maximum atomic E-state index is 13.1. The SMILES string of the molecule is Cc1ccc(NC(=O)c2ccnc(C(C)(C)C#N)c2)cc1-c1ccnc(N2CC(CN(C)C)OCC2C)c1. The number of aryl methyl sites for hydroxylation is 1.